The molecular formula is C27H24N2O4. The molecule has 4 aromatic rings. The number of aromatic nitrogens is 1. The van der Waals surface area contributed by atoms with Crippen molar-refractivity contribution in [3.8, 4) is 5.75 Å². The van der Waals surface area contributed by atoms with Crippen molar-refractivity contribution in [2.24, 2.45) is 0 Å². The zero-order chi connectivity index (χ0) is 23.0. The molecule has 0 saturated carbocycles. The molecule has 166 valence electrons. The molecule has 1 amide bonds. The highest BCUT2D eigenvalue weighted by atomic mass is 16.5. The summed E-state index contributed by atoms with van der Waals surface area (Å²) < 4.78 is 11.3. The van der Waals surface area contributed by atoms with Crippen molar-refractivity contribution in [3.63, 3.8) is 0 Å². The summed E-state index contributed by atoms with van der Waals surface area (Å²) >= 11 is 0. The van der Waals surface area contributed by atoms with Gasteiger partial charge in [0.05, 0.1) is 24.2 Å². The fourth-order valence-corrected chi connectivity index (χ4v) is 3.59. The Morgan fingerprint density at radius 3 is 2.48 bits per heavy atom. The van der Waals surface area contributed by atoms with Crippen LogP contribution in [0, 0.1) is 0 Å². The quantitative estimate of drug-likeness (QED) is 0.386. The minimum atomic E-state index is -1.11. The number of nitrogens with zero attached hydrogens (tertiary/aromatic N) is 1. The van der Waals surface area contributed by atoms with Crippen molar-refractivity contribution >= 4 is 28.5 Å². The summed E-state index contributed by atoms with van der Waals surface area (Å²) in [6, 6.07) is 25.5. The number of para-hydroxylation sites is 3. The molecule has 6 heteroatoms. The largest absolute Gasteiger partial charge is 0.492 e. The zero-order valence-corrected chi connectivity index (χ0v) is 18.2. The van der Waals surface area contributed by atoms with Crippen molar-refractivity contribution in [1.82, 2.24) is 4.98 Å². The van der Waals surface area contributed by atoms with E-state index in [1.54, 1.807) is 48.7 Å². The van der Waals surface area contributed by atoms with E-state index in [0.717, 1.165) is 16.5 Å². The number of pyridine rings is 1. The van der Waals surface area contributed by atoms with Crippen molar-refractivity contribution in [2.75, 3.05) is 11.9 Å². The fraction of sp³-hybridized carbons (Fsp3) is 0.148. The molecule has 1 unspecified atom stereocenters. The standard InChI is InChI=1S/C27H24N2O4/c1-2-32-23-16-7-6-15-22(23)29-27(31)26(20-10-4-3-5-11-20)33-24(30)18-21-13-8-12-19-14-9-17-28-25(19)21/h3-17,26H,2,18H2,1H3,(H,29,31). The van der Waals surface area contributed by atoms with Gasteiger partial charge >= 0.3 is 5.97 Å². The molecule has 0 fully saturated rings. The number of carbonyl (C=O) groups excluding carboxylic acids is 2. The monoisotopic (exact) mass is 440 g/mol. The van der Waals surface area contributed by atoms with Crippen LogP contribution in [-0.2, 0) is 20.7 Å². The number of nitrogens with one attached hydrogen (secondary N) is 1. The molecule has 0 spiro atoms. The average Bonchev–Trinajstić information content (AvgIpc) is 2.84. The third kappa shape index (κ3) is 5.36. The number of fused-ring (bicyclic) bond motifs is 1. The molecule has 0 radical (unpaired) electrons. The molecule has 3 aromatic carbocycles. The summed E-state index contributed by atoms with van der Waals surface area (Å²) in [5, 5.41) is 3.78. The highest BCUT2D eigenvalue weighted by Crippen LogP contribution is 2.27. The Bertz CT molecular complexity index is 1250. The van der Waals surface area contributed by atoms with Crippen LogP contribution in [0.1, 0.15) is 24.2 Å². The van der Waals surface area contributed by atoms with Gasteiger partial charge in [0.1, 0.15) is 5.75 Å². The Morgan fingerprint density at radius 2 is 1.67 bits per heavy atom. The second kappa shape index (κ2) is 10.4. The first-order chi connectivity index (χ1) is 16.2. The number of esters is 1. The third-order valence-corrected chi connectivity index (χ3v) is 5.09. The molecule has 0 saturated heterocycles. The van der Waals surface area contributed by atoms with E-state index in [1.807, 2.05) is 49.4 Å². The molecular weight excluding hydrogens is 416 g/mol. The van der Waals surface area contributed by atoms with Crippen LogP contribution in [0.3, 0.4) is 0 Å². The van der Waals surface area contributed by atoms with Gasteiger partial charge in [-0.2, -0.15) is 0 Å². The lowest BCUT2D eigenvalue weighted by atomic mass is 10.1. The van der Waals surface area contributed by atoms with Crippen LogP contribution >= 0.6 is 0 Å². The number of benzene rings is 3. The van der Waals surface area contributed by atoms with E-state index >= 15 is 0 Å². The summed E-state index contributed by atoms with van der Waals surface area (Å²) in [6.45, 7) is 2.33. The maximum Gasteiger partial charge on any atom is 0.311 e. The van der Waals surface area contributed by atoms with E-state index in [2.05, 4.69) is 10.3 Å². The summed E-state index contributed by atoms with van der Waals surface area (Å²) in [6.07, 6.45) is 0.574. The molecule has 1 aromatic heterocycles. The van der Waals surface area contributed by atoms with Crippen LogP contribution in [0.25, 0.3) is 10.9 Å². The van der Waals surface area contributed by atoms with Crippen molar-refractivity contribution in [1.29, 1.82) is 0 Å². The molecule has 1 N–H and O–H groups in total. The van der Waals surface area contributed by atoms with Gasteiger partial charge in [0.2, 0.25) is 6.10 Å². The Morgan fingerprint density at radius 1 is 0.909 bits per heavy atom. The molecule has 0 aliphatic heterocycles. The first kappa shape index (κ1) is 22.0. The van der Waals surface area contributed by atoms with Gasteiger partial charge in [-0.3, -0.25) is 14.6 Å². The first-order valence-corrected chi connectivity index (χ1v) is 10.8. The van der Waals surface area contributed by atoms with Gasteiger partial charge in [-0.25, -0.2) is 0 Å². The highest BCUT2D eigenvalue weighted by Gasteiger charge is 2.26. The van der Waals surface area contributed by atoms with Gasteiger partial charge in [-0.15, -0.1) is 0 Å². The summed E-state index contributed by atoms with van der Waals surface area (Å²) in [4.78, 5) is 30.5. The second-order valence-electron chi connectivity index (χ2n) is 7.37. The SMILES string of the molecule is CCOc1ccccc1NC(=O)C(OC(=O)Cc1cccc2cccnc12)c1ccccc1. The number of carbonyl (C=O) groups is 2. The lowest BCUT2D eigenvalue weighted by molar-refractivity contribution is -0.154. The predicted octanol–water partition coefficient (Wildman–Crippen LogP) is 5.10. The van der Waals surface area contributed by atoms with Crippen LogP contribution in [0.2, 0.25) is 0 Å². The lowest BCUT2D eigenvalue weighted by Crippen LogP contribution is -2.26. The van der Waals surface area contributed by atoms with E-state index in [4.69, 9.17) is 9.47 Å². The van der Waals surface area contributed by atoms with Gasteiger partial charge in [-0.05, 0) is 30.7 Å². The fourth-order valence-electron chi connectivity index (χ4n) is 3.59. The number of hydrogen-bond acceptors (Lipinski definition) is 5. The van der Waals surface area contributed by atoms with Gasteiger partial charge < -0.3 is 14.8 Å². The van der Waals surface area contributed by atoms with Crippen LogP contribution in [0.4, 0.5) is 5.69 Å². The van der Waals surface area contributed by atoms with Crippen molar-refractivity contribution in [3.05, 3.63) is 102 Å². The van der Waals surface area contributed by atoms with Gasteiger partial charge in [0.15, 0.2) is 0 Å². The van der Waals surface area contributed by atoms with E-state index in [0.29, 0.717) is 23.6 Å². The van der Waals surface area contributed by atoms with Crippen molar-refractivity contribution in [2.45, 2.75) is 19.4 Å². The molecule has 0 aliphatic rings. The smallest absolute Gasteiger partial charge is 0.311 e. The second-order valence-corrected chi connectivity index (χ2v) is 7.37. The number of ether oxygens (including phenoxy) is 2. The first-order valence-electron chi connectivity index (χ1n) is 10.8. The summed E-state index contributed by atoms with van der Waals surface area (Å²) in [5.74, 6) is -0.429. The number of amides is 1. The van der Waals surface area contributed by atoms with Crippen molar-refractivity contribution < 1.29 is 19.1 Å². The van der Waals surface area contributed by atoms with Gasteiger partial charge in [0.25, 0.3) is 5.91 Å². The Balaban J connectivity index is 1.56. The predicted molar refractivity (Wildman–Crippen MR) is 127 cm³/mol. The Labute approximate surface area is 192 Å². The maximum atomic E-state index is 13.2. The molecule has 6 nitrogen and oxygen atoms in total. The third-order valence-electron chi connectivity index (χ3n) is 5.09. The van der Waals surface area contributed by atoms with Crippen LogP contribution in [0.5, 0.6) is 5.75 Å². The Hall–Kier alpha value is -4.19. The minimum Gasteiger partial charge on any atom is -0.492 e. The van der Waals surface area contributed by atoms with Crippen LogP contribution in [-0.4, -0.2) is 23.5 Å². The van der Waals surface area contributed by atoms with E-state index in [-0.39, 0.29) is 6.42 Å². The highest BCUT2D eigenvalue weighted by molar-refractivity contribution is 5.97. The average molecular weight is 440 g/mol. The van der Waals surface area contributed by atoms with E-state index < -0.39 is 18.0 Å². The zero-order valence-electron chi connectivity index (χ0n) is 18.2. The minimum absolute atomic E-state index is 0.000496. The molecule has 0 bridgehead atoms. The normalized spacial score (nSPS) is 11.5. The van der Waals surface area contributed by atoms with Crippen LogP contribution < -0.4 is 10.1 Å². The van der Waals surface area contributed by atoms with Gasteiger partial charge in [-0.1, -0.05) is 66.7 Å². The van der Waals surface area contributed by atoms with Crippen LogP contribution in [0.15, 0.2) is 91.1 Å². The molecule has 33 heavy (non-hydrogen) atoms. The molecule has 1 heterocycles. The summed E-state index contributed by atoms with van der Waals surface area (Å²) in [5.41, 5.74) is 2.57. The topological polar surface area (TPSA) is 77.5 Å². The Kier molecular flexibility index (Phi) is 6.95. The molecule has 4 rings (SSSR count). The molecule has 1 atom stereocenters. The number of anilines is 1. The van der Waals surface area contributed by atoms with E-state index in [1.165, 1.54) is 0 Å². The summed E-state index contributed by atoms with van der Waals surface area (Å²) in [7, 11) is 0. The maximum absolute atomic E-state index is 13.2. The number of hydrogen-bond donors (Lipinski definition) is 1. The van der Waals surface area contributed by atoms with E-state index in [9.17, 15) is 9.59 Å². The van der Waals surface area contributed by atoms with Gasteiger partial charge in [0, 0.05) is 17.1 Å². The number of rotatable bonds is 8. The molecule has 0 aliphatic carbocycles. The lowest BCUT2D eigenvalue weighted by Gasteiger charge is -2.19.